The molecule has 28 heavy (non-hydrogen) atoms. The van der Waals surface area contributed by atoms with Gasteiger partial charge in [-0.2, -0.15) is 15.2 Å². The van der Waals surface area contributed by atoms with Crippen molar-refractivity contribution in [1.82, 2.24) is 29.5 Å². The highest BCUT2D eigenvalue weighted by Crippen LogP contribution is 2.28. The molecule has 0 spiro atoms. The smallest absolute Gasteiger partial charge is 0.338 e. The van der Waals surface area contributed by atoms with Crippen LogP contribution in [0.4, 0.5) is 0 Å². The van der Waals surface area contributed by atoms with Gasteiger partial charge in [-0.3, -0.25) is 4.68 Å². The number of aromatic nitrogens is 6. The summed E-state index contributed by atoms with van der Waals surface area (Å²) >= 11 is 0. The Morgan fingerprint density at radius 3 is 2.57 bits per heavy atom. The number of aromatic hydroxyl groups is 1. The molecule has 3 aromatic heterocycles. The van der Waals surface area contributed by atoms with Crippen LogP contribution in [0.3, 0.4) is 0 Å². The quantitative estimate of drug-likeness (QED) is 0.560. The molecule has 0 amide bonds. The van der Waals surface area contributed by atoms with Crippen LogP contribution in [0.5, 0.6) is 5.88 Å². The van der Waals surface area contributed by atoms with Crippen molar-refractivity contribution in [3.63, 3.8) is 0 Å². The van der Waals surface area contributed by atoms with Gasteiger partial charge in [-0.1, -0.05) is 18.2 Å². The van der Waals surface area contributed by atoms with Crippen LogP contribution >= 0.6 is 0 Å². The highest BCUT2D eigenvalue weighted by atomic mass is 16.4. The SMILES string of the molecule is Cc1ccc([C@H](C)n2ncc3nc(-n4cc(C(=O)O)cn4)nc(O)c32)cc1C. The van der Waals surface area contributed by atoms with Gasteiger partial charge in [0.05, 0.1) is 24.0 Å². The molecule has 1 atom stereocenters. The Morgan fingerprint density at radius 1 is 1.11 bits per heavy atom. The Kier molecular flexibility index (Phi) is 4.07. The number of rotatable bonds is 4. The molecule has 1 aromatic carbocycles. The zero-order valence-corrected chi connectivity index (χ0v) is 15.5. The lowest BCUT2D eigenvalue weighted by Crippen LogP contribution is -2.10. The van der Waals surface area contributed by atoms with E-state index in [1.54, 1.807) is 10.9 Å². The highest BCUT2D eigenvalue weighted by molar-refractivity contribution is 5.87. The number of hydrogen-bond donors (Lipinski definition) is 2. The Morgan fingerprint density at radius 2 is 1.89 bits per heavy atom. The molecule has 9 heteroatoms. The maximum atomic E-state index is 11.0. The van der Waals surface area contributed by atoms with Crippen LogP contribution in [0.15, 0.2) is 36.8 Å². The summed E-state index contributed by atoms with van der Waals surface area (Å²) in [4.78, 5) is 19.5. The largest absolute Gasteiger partial charge is 0.492 e. The van der Waals surface area contributed by atoms with Crippen molar-refractivity contribution >= 4 is 17.0 Å². The van der Waals surface area contributed by atoms with Crippen LogP contribution in [-0.4, -0.2) is 45.7 Å². The fourth-order valence-electron chi connectivity index (χ4n) is 3.04. The van der Waals surface area contributed by atoms with E-state index in [0.717, 1.165) is 5.56 Å². The second-order valence-corrected chi connectivity index (χ2v) is 6.67. The first kappa shape index (κ1) is 17.7. The van der Waals surface area contributed by atoms with Gasteiger partial charge in [0, 0.05) is 6.20 Å². The molecular formula is C19H18N6O3. The number of aromatic carboxylic acids is 1. The van der Waals surface area contributed by atoms with E-state index in [-0.39, 0.29) is 23.4 Å². The number of aryl methyl sites for hydroxylation is 2. The van der Waals surface area contributed by atoms with Gasteiger partial charge in [-0.15, -0.1) is 0 Å². The minimum Gasteiger partial charge on any atom is -0.492 e. The predicted octanol–water partition coefficient (Wildman–Crippen LogP) is 2.64. The molecule has 142 valence electrons. The lowest BCUT2D eigenvalue weighted by molar-refractivity contribution is 0.0697. The first-order valence-electron chi connectivity index (χ1n) is 8.65. The molecule has 2 N–H and O–H groups in total. The van der Waals surface area contributed by atoms with Crippen LogP contribution in [0, 0.1) is 13.8 Å². The second-order valence-electron chi connectivity index (χ2n) is 6.67. The predicted molar refractivity (Wildman–Crippen MR) is 101 cm³/mol. The van der Waals surface area contributed by atoms with Crippen molar-refractivity contribution in [1.29, 1.82) is 0 Å². The van der Waals surface area contributed by atoms with E-state index in [1.807, 2.05) is 13.0 Å². The molecule has 9 nitrogen and oxygen atoms in total. The Balaban J connectivity index is 1.77. The Bertz CT molecular complexity index is 1210. The summed E-state index contributed by atoms with van der Waals surface area (Å²) in [6.07, 6.45) is 4.02. The number of benzene rings is 1. The van der Waals surface area contributed by atoms with Gasteiger partial charge in [0.25, 0.3) is 5.95 Å². The summed E-state index contributed by atoms with van der Waals surface area (Å²) in [5.41, 5.74) is 4.27. The van der Waals surface area contributed by atoms with Crippen LogP contribution in [0.1, 0.15) is 40.0 Å². The summed E-state index contributed by atoms with van der Waals surface area (Å²) in [7, 11) is 0. The minimum absolute atomic E-state index is 0.00208. The number of fused-ring (bicyclic) bond motifs is 1. The zero-order valence-electron chi connectivity index (χ0n) is 15.5. The minimum atomic E-state index is -1.11. The summed E-state index contributed by atoms with van der Waals surface area (Å²) in [5.74, 6) is -1.29. The van der Waals surface area contributed by atoms with Crippen LogP contribution in [0.2, 0.25) is 0 Å². The fourth-order valence-corrected chi connectivity index (χ4v) is 3.04. The van der Waals surface area contributed by atoms with Crippen molar-refractivity contribution in [2.24, 2.45) is 0 Å². The highest BCUT2D eigenvalue weighted by Gasteiger charge is 2.19. The van der Waals surface area contributed by atoms with E-state index in [1.165, 1.54) is 28.2 Å². The average Bonchev–Trinajstić information content (AvgIpc) is 3.30. The van der Waals surface area contributed by atoms with E-state index < -0.39 is 5.97 Å². The number of hydrogen-bond acceptors (Lipinski definition) is 6. The van der Waals surface area contributed by atoms with Crippen LogP contribution in [-0.2, 0) is 0 Å². The van der Waals surface area contributed by atoms with Crippen molar-refractivity contribution < 1.29 is 15.0 Å². The second kappa shape index (κ2) is 6.45. The van der Waals surface area contributed by atoms with Gasteiger partial charge in [0.1, 0.15) is 11.0 Å². The van der Waals surface area contributed by atoms with Crippen LogP contribution < -0.4 is 0 Å². The van der Waals surface area contributed by atoms with E-state index in [4.69, 9.17) is 5.11 Å². The summed E-state index contributed by atoms with van der Waals surface area (Å²) in [6, 6.07) is 6.04. The third kappa shape index (κ3) is 2.86. The van der Waals surface area contributed by atoms with Gasteiger partial charge < -0.3 is 10.2 Å². The number of carbonyl (C=O) groups is 1. The lowest BCUT2D eigenvalue weighted by atomic mass is 10.0. The molecule has 0 aliphatic carbocycles. The molecule has 0 fully saturated rings. The summed E-state index contributed by atoms with van der Waals surface area (Å²) in [5, 5.41) is 27.9. The van der Waals surface area contributed by atoms with Gasteiger partial charge in [0.15, 0.2) is 0 Å². The topological polar surface area (TPSA) is 119 Å². The molecule has 0 saturated carbocycles. The van der Waals surface area contributed by atoms with Crippen molar-refractivity contribution in [2.75, 3.05) is 0 Å². The third-order valence-corrected chi connectivity index (χ3v) is 4.83. The molecule has 4 rings (SSSR count). The third-order valence-electron chi connectivity index (χ3n) is 4.83. The van der Waals surface area contributed by atoms with Crippen molar-refractivity contribution in [3.05, 3.63) is 59.0 Å². The molecule has 0 aliphatic heterocycles. The molecule has 0 saturated heterocycles. The molecule has 0 aliphatic rings. The van der Waals surface area contributed by atoms with Gasteiger partial charge >= 0.3 is 5.97 Å². The maximum absolute atomic E-state index is 11.0. The first-order chi connectivity index (χ1) is 13.3. The van der Waals surface area contributed by atoms with Crippen molar-refractivity contribution in [3.8, 4) is 11.8 Å². The van der Waals surface area contributed by atoms with E-state index >= 15 is 0 Å². The van der Waals surface area contributed by atoms with E-state index in [0.29, 0.717) is 11.0 Å². The summed E-state index contributed by atoms with van der Waals surface area (Å²) in [6.45, 7) is 6.09. The maximum Gasteiger partial charge on any atom is 0.338 e. The van der Waals surface area contributed by atoms with E-state index in [2.05, 4.69) is 46.1 Å². The zero-order chi connectivity index (χ0) is 20.0. The van der Waals surface area contributed by atoms with Crippen molar-refractivity contribution in [2.45, 2.75) is 26.8 Å². The molecule has 0 radical (unpaired) electrons. The lowest BCUT2D eigenvalue weighted by Gasteiger charge is -2.15. The van der Waals surface area contributed by atoms with Gasteiger partial charge in [-0.05, 0) is 37.5 Å². The Labute approximate surface area is 159 Å². The average molecular weight is 378 g/mol. The normalized spacial score (nSPS) is 12.4. The monoisotopic (exact) mass is 378 g/mol. The molecule has 4 aromatic rings. The number of nitrogens with zero attached hydrogens (tertiary/aromatic N) is 6. The molecular weight excluding hydrogens is 360 g/mol. The first-order valence-corrected chi connectivity index (χ1v) is 8.65. The fraction of sp³-hybridized carbons (Fsp3) is 0.211. The molecule has 0 bridgehead atoms. The van der Waals surface area contributed by atoms with Gasteiger partial charge in [0.2, 0.25) is 5.88 Å². The summed E-state index contributed by atoms with van der Waals surface area (Å²) < 4.78 is 2.87. The molecule has 3 heterocycles. The van der Waals surface area contributed by atoms with E-state index in [9.17, 15) is 9.90 Å². The standard InChI is InChI=1S/C19H18N6O3/c1-10-4-5-13(6-11(10)2)12(3)25-16-15(8-21-25)22-19(23-17(16)26)24-9-14(7-20-24)18(27)28/h4-9,12H,1-3H3,(H,27,28)(H,22,23,26)/t12-/m0/s1. The van der Waals surface area contributed by atoms with Gasteiger partial charge in [-0.25, -0.2) is 14.5 Å². The van der Waals surface area contributed by atoms with Crippen LogP contribution in [0.25, 0.3) is 17.0 Å². The Hall–Kier alpha value is -3.75. The number of carboxylic acids is 1. The number of carboxylic acid groups (broad SMARTS) is 1. The molecule has 0 unspecified atom stereocenters.